The average Bonchev–Trinajstić information content (AvgIpc) is 2.48. The summed E-state index contributed by atoms with van der Waals surface area (Å²) in [5, 5.41) is 12.6. The highest BCUT2D eigenvalue weighted by Crippen LogP contribution is 2.14. The Balaban J connectivity index is 1.89. The number of carbonyl (C=O) groups is 1. The highest BCUT2D eigenvalue weighted by molar-refractivity contribution is 5.79. The predicted molar refractivity (Wildman–Crippen MR) is 82.7 cm³/mol. The summed E-state index contributed by atoms with van der Waals surface area (Å²) in [6.45, 7) is 5.91. The number of hydrogen-bond acceptors (Lipinski definition) is 3. The molecule has 1 aliphatic heterocycles. The molecule has 1 aliphatic rings. The Kier molecular flexibility index (Phi) is 5.35. The van der Waals surface area contributed by atoms with Crippen molar-refractivity contribution in [1.82, 2.24) is 10.2 Å². The fourth-order valence-corrected chi connectivity index (χ4v) is 2.83. The number of nitrogens with zero attached hydrogens (tertiary/aromatic N) is 2. The third kappa shape index (κ3) is 4.30. The van der Waals surface area contributed by atoms with Gasteiger partial charge in [0.05, 0.1) is 18.1 Å². The van der Waals surface area contributed by atoms with Gasteiger partial charge in [-0.1, -0.05) is 32.0 Å². The van der Waals surface area contributed by atoms with Gasteiger partial charge in [-0.25, -0.2) is 0 Å². The Morgan fingerprint density at radius 3 is 2.67 bits per heavy atom. The van der Waals surface area contributed by atoms with Gasteiger partial charge in [0.15, 0.2) is 0 Å². The summed E-state index contributed by atoms with van der Waals surface area (Å²) >= 11 is 0. The lowest BCUT2D eigenvalue weighted by molar-refractivity contribution is -0.131. The highest BCUT2D eigenvalue weighted by Gasteiger charge is 2.23. The summed E-state index contributed by atoms with van der Waals surface area (Å²) in [5.41, 5.74) is 1.43. The van der Waals surface area contributed by atoms with Gasteiger partial charge in [0.25, 0.3) is 0 Å². The Morgan fingerprint density at radius 1 is 1.38 bits per heavy atom. The number of nitrogens with one attached hydrogen (secondary N) is 1. The van der Waals surface area contributed by atoms with Gasteiger partial charge >= 0.3 is 0 Å². The molecule has 1 fully saturated rings. The molecule has 0 atom stereocenters. The molecule has 0 aromatic heterocycles. The molecule has 0 aliphatic carbocycles. The van der Waals surface area contributed by atoms with Crippen LogP contribution in [0.4, 0.5) is 0 Å². The van der Waals surface area contributed by atoms with Crippen LogP contribution in [-0.4, -0.2) is 36.0 Å². The molecule has 0 saturated carbocycles. The maximum absolute atomic E-state index is 12.4. The Bertz CT molecular complexity index is 525. The molecule has 1 saturated heterocycles. The highest BCUT2D eigenvalue weighted by atomic mass is 16.2. The number of carbonyl (C=O) groups excluding carboxylic acids is 1. The number of amides is 1. The lowest BCUT2D eigenvalue weighted by atomic mass is 10.0. The van der Waals surface area contributed by atoms with Crippen molar-refractivity contribution in [2.75, 3.05) is 13.1 Å². The average molecular weight is 285 g/mol. The van der Waals surface area contributed by atoms with Crippen LogP contribution in [0.25, 0.3) is 0 Å². The number of rotatable bonds is 4. The van der Waals surface area contributed by atoms with E-state index in [4.69, 9.17) is 5.26 Å². The van der Waals surface area contributed by atoms with Crippen molar-refractivity contribution < 1.29 is 4.79 Å². The van der Waals surface area contributed by atoms with Crippen molar-refractivity contribution in [2.24, 2.45) is 0 Å². The van der Waals surface area contributed by atoms with Crippen LogP contribution in [0.5, 0.6) is 0 Å². The molecule has 1 heterocycles. The van der Waals surface area contributed by atoms with Crippen molar-refractivity contribution in [3.8, 4) is 6.07 Å². The van der Waals surface area contributed by atoms with Crippen LogP contribution in [0.2, 0.25) is 0 Å². The summed E-state index contributed by atoms with van der Waals surface area (Å²) in [5.74, 6) is 0.126. The molecular weight excluding hydrogens is 262 g/mol. The van der Waals surface area contributed by atoms with E-state index in [0.717, 1.165) is 31.5 Å². The molecule has 1 amide bonds. The second-order valence-corrected chi connectivity index (χ2v) is 5.92. The van der Waals surface area contributed by atoms with E-state index in [2.05, 4.69) is 25.2 Å². The third-order valence-electron chi connectivity index (χ3n) is 3.90. The van der Waals surface area contributed by atoms with Crippen molar-refractivity contribution in [2.45, 2.75) is 45.2 Å². The topological polar surface area (TPSA) is 56.1 Å². The van der Waals surface area contributed by atoms with Gasteiger partial charge in [0.2, 0.25) is 5.91 Å². The lowest BCUT2D eigenvalue weighted by Gasteiger charge is -2.33. The monoisotopic (exact) mass is 285 g/mol. The van der Waals surface area contributed by atoms with Crippen LogP contribution in [0.1, 0.15) is 37.8 Å². The fraction of sp³-hybridized carbons (Fsp3) is 0.529. The second-order valence-electron chi connectivity index (χ2n) is 5.92. The van der Waals surface area contributed by atoms with E-state index in [9.17, 15) is 4.79 Å². The predicted octanol–water partition coefficient (Wildman–Crippen LogP) is 2.09. The molecular formula is C17H23N3O. The van der Waals surface area contributed by atoms with Gasteiger partial charge in [0.1, 0.15) is 0 Å². The minimum Gasteiger partial charge on any atom is -0.342 e. The molecule has 21 heavy (non-hydrogen) atoms. The molecule has 0 bridgehead atoms. The van der Waals surface area contributed by atoms with Gasteiger partial charge in [0, 0.05) is 25.2 Å². The fourth-order valence-electron chi connectivity index (χ4n) is 2.83. The molecule has 4 nitrogen and oxygen atoms in total. The van der Waals surface area contributed by atoms with E-state index >= 15 is 0 Å². The SMILES string of the molecule is CC(C)NC1CCN(C(=O)Cc2ccccc2C#N)CC1. The second kappa shape index (κ2) is 7.24. The van der Waals surface area contributed by atoms with Gasteiger partial charge in [-0.15, -0.1) is 0 Å². The van der Waals surface area contributed by atoms with E-state index in [0.29, 0.717) is 24.1 Å². The van der Waals surface area contributed by atoms with E-state index in [-0.39, 0.29) is 5.91 Å². The molecule has 1 aromatic rings. The quantitative estimate of drug-likeness (QED) is 0.921. The van der Waals surface area contributed by atoms with Gasteiger partial charge in [-0.2, -0.15) is 5.26 Å². The summed E-state index contributed by atoms with van der Waals surface area (Å²) in [6.07, 6.45) is 2.33. The Labute approximate surface area is 126 Å². The van der Waals surface area contributed by atoms with E-state index < -0.39 is 0 Å². The Hall–Kier alpha value is -1.86. The molecule has 1 aromatic carbocycles. The minimum absolute atomic E-state index is 0.126. The number of piperidine rings is 1. The van der Waals surface area contributed by atoms with Gasteiger partial charge in [-0.3, -0.25) is 4.79 Å². The molecule has 112 valence electrons. The largest absolute Gasteiger partial charge is 0.342 e. The van der Waals surface area contributed by atoms with Crippen molar-refractivity contribution >= 4 is 5.91 Å². The molecule has 0 spiro atoms. The normalized spacial score (nSPS) is 16.0. The summed E-state index contributed by atoms with van der Waals surface area (Å²) < 4.78 is 0. The molecule has 0 unspecified atom stereocenters. The Morgan fingerprint density at radius 2 is 2.05 bits per heavy atom. The van der Waals surface area contributed by atoms with Crippen LogP contribution < -0.4 is 5.32 Å². The van der Waals surface area contributed by atoms with Crippen LogP contribution in [-0.2, 0) is 11.2 Å². The molecule has 2 rings (SSSR count). The van der Waals surface area contributed by atoms with Crippen LogP contribution >= 0.6 is 0 Å². The number of hydrogen-bond donors (Lipinski definition) is 1. The molecule has 4 heteroatoms. The molecule has 0 radical (unpaired) electrons. The van der Waals surface area contributed by atoms with E-state index in [1.807, 2.05) is 23.1 Å². The van der Waals surface area contributed by atoms with Crippen molar-refractivity contribution in [1.29, 1.82) is 5.26 Å². The minimum atomic E-state index is 0.126. The standard InChI is InChI=1S/C17H23N3O/c1-13(2)19-16-7-9-20(10-8-16)17(21)11-14-5-3-4-6-15(14)12-18/h3-6,13,16,19H,7-11H2,1-2H3. The lowest BCUT2D eigenvalue weighted by Crippen LogP contribution is -2.47. The first-order chi connectivity index (χ1) is 10.1. The van der Waals surface area contributed by atoms with Crippen molar-refractivity contribution in [3.05, 3.63) is 35.4 Å². The number of benzene rings is 1. The summed E-state index contributed by atoms with van der Waals surface area (Å²) in [4.78, 5) is 14.3. The van der Waals surface area contributed by atoms with Crippen LogP contribution in [0.3, 0.4) is 0 Å². The van der Waals surface area contributed by atoms with Crippen LogP contribution in [0.15, 0.2) is 24.3 Å². The van der Waals surface area contributed by atoms with Gasteiger partial charge < -0.3 is 10.2 Å². The number of likely N-dealkylation sites (tertiary alicyclic amines) is 1. The maximum atomic E-state index is 12.4. The zero-order valence-corrected chi connectivity index (χ0v) is 12.8. The zero-order valence-electron chi connectivity index (χ0n) is 12.8. The molecule has 1 N–H and O–H groups in total. The first kappa shape index (κ1) is 15.5. The zero-order chi connectivity index (χ0) is 15.2. The van der Waals surface area contributed by atoms with Gasteiger partial charge in [-0.05, 0) is 24.5 Å². The smallest absolute Gasteiger partial charge is 0.227 e. The van der Waals surface area contributed by atoms with Crippen LogP contribution in [0, 0.1) is 11.3 Å². The maximum Gasteiger partial charge on any atom is 0.227 e. The summed E-state index contributed by atoms with van der Waals surface area (Å²) in [7, 11) is 0. The van der Waals surface area contributed by atoms with E-state index in [1.165, 1.54) is 0 Å². The first-order valence-electron chi connectivity index (χ1n) is 7.62. The third-order valence-corrected chi connectivity index (χ3v) is 3.90. The first-order valence-corrected chi connectivity index (χ1v) is 7.62. The van der Waals surface area contributed by atoms with Crippen molar-refractivity contribution in [3.63, 3.8) is 0 Å². The number of nitriles is 1. The summed E-state index contributed by atoms with van der Waals surface area (Å²) in [6, 6.07) is 10.5. The van der Waals surface area contributed by atoms with E-state index in [1.54, 1.807) is 6.07 Å².